The molecule has 0 fully saturated rings. The largest absolute Gasteiger partial charge is 0.452 e. The highest BCUT2D eigenvalue weighted by Gasteiger charge is 2.14. The summed E-state index contributed by atoms with van der Waals surface area (Å²) in [5.74, 6) is -0.563. The fraction of sp³-hybridized carbons (Fsp3) is 0.500. The molecular formula is C12H15NO4. The fourth-order valence-electron chi connectivity index (χ4n) is 1.57. The predicted molar refractivity (Wildman–Crippen MR) is 62.3 cm³/mol. The molecule has 92 valence electrons. The molecule has 5 heteroatoms. The number of carbonyl (C=O) groups is 2. The van der Waals surface area contributed by atoms with Gasteiger partial charge in [-0.15, -0.1) is 0 Å². The van der Waals surface area contributed by atoms with E-state index in [0.29, 0.717) is 12.7 Å². The molecule has 0 saturated heterocycles. The van der Waals surface area contributed by atoms with E-state index in [1.54, 1.807) is 6.08 Å². The van der Waals surface area contributed by atoms with Crippen LogP contribution < -0.4 is 0 Å². The molecule has 2 atom stereocenters. The summed E-state index contributed by atoms with van der Waals surface area (Å²) in [7, 11) is 0. The first-order valence-electron chi connectivity index (χ1n) is 5.51. The zero-order valence-corrected chi connectivity index (χ0v) is 9.67. The van der Waals surface area contributed by atoms with Crippen LogP contribution in [-0.4, -0.2) is 24.4 Å². The highest BCUT2D eigenvalue weighted by Crippen LogP contribution is 2.21. The van der Waals surface area contributed by atoms with E-state index in [4.69, 9.17) is 4.74 Å². The van der Waals surface area contributed by atoms with E-state index in [-0.39, 0.29) is 6.04 Å². The Morgan fingerprint density at radius 2 is 2.41 bits per heavy atom. The quantitative estimate of drug-likeness (QED) is 0.317. The first-order valence-corrected chi connectivity index (χ1v) is 5.51. The van der Waals surface area contributed by atoms with Gasteiger partial charge in [-0.2, -0.15) is 4.91 Å². The molecule has 0 aliphatic heterocycles. The van der Waals surface area contributed by atoms with Crippen molar-refractivity contribution < 1.29 is 14.3 Å². The molecule has 1 unspecified atom stereocenters. The van der Waals surface area contributed by atoms with E-state index in [9.17, 15) is 14.5 Å². The van der Waals surface area contributed by atoms with Gasteiger partial charge in [0, 0.05) is 6.08 Å². The Hall–Kier alpha value is -1.78. The number of nitrogens with zero attached hydrogens (tertiary/aromatic N) is 1. The Bertz CT molecular complexity index is 360. The minimum absolute atomic E-state index is 0.204. The number of hydrogen-bond donors (Lipinski definition) is 0. The summed E-state index contributed by atoms with van der Waals surface area (Å²) < 4.78 is 4.74. The molecule has 0 N–H and O–H groups in total. The van der Waals surface area contributed by atoms with Crippen molar-refractivity contribution >= 4 is 12.3 Å². The van der Waals surface area contributed by atoms with Gasteiger partial charge in [-0.05, 0) is 31.8 Å². The van der Waals surface area contributed by atoms with E-state index in [1.165, 1.54) is 13.0 Å². The predicted octanol–water partition coefficient (Wildman–Crippen LogP) is 1.92. The first kappa shape index (κ1) is 13.3. The second kappa shape index (κ2) is 6.73. The smallest absolute Gasteiger partial charge is 0.331 e. The zero-order valence-electron chi connectivity index (χ0n) is 9.67. The Balaban J connectivity index is 2.47. The van der Waals surface area contributed by atoms with Gasteiger partial charge in [0.25, 0.3) is 0 Å². The van der Waals surface area contributed by atoms with E-state index in [0.717, 1.165) is 18.4 Å². The lowest BCUT2D eigenvalue weighted by atomic mass is 9.95. The van der Waals surface area contributed by atoms with Crippen molar-refractivity contribution in [3.63, 3.8) is 0 Å². The summed E-state index contributed by atoms with van der Waals surface area (Å²) in [6, 6.07) is -0.204. The van der Waals surface area contributed by atoms with Crippen LogP contribution >= 0.6 is 0 Å². The second-order valence-corrected chi connectivity index (χ2v) is 3.93. The van der Waals surface area contributed by atoms with E-state index in [1.807, 2.05) is 6.08 Å². The molecule has 0 aromatic heterocycles. The van der Waals surface area contributed by atoms with Crippen LogP contribution in [0.1, 0.15) is 26.2 Å². The van der Waals surface area contributed by atoms with E-state index in [2.05, 4.69) is 5.18 Å². The third-order valence-corrected chi connectivity index (χ3v) is 2.45. The molecule has 0 saturated carbocycles. The summed E-state index contributed by atoms with van der Waals surface area (Å²) in [6.45, 7) is 1.49. The SMILES string of the molecule is C[C@H](C=O)OC(=O)/C=C/C1=CCCC(N=O)C1. The molecule has 1 aliphatic carbocycles. The Morgan fingerprint density at radius 1 is 1.65 bits per heavy atom. The molecule has 5 nitrogen and oxygen atoms in total. The molecule has 0 aromatic carbocycles. The van der Waals surface area contributed by atoms with Crippen LogP contribution in [0.25, 0.3) is 0 Å². The normalized spacial score (nSPS) is 21.7. The van der Waals surface area contributed by atoms with Gasteiger partial charge in [0.2, 0.25) is 0 Å². The number of allylic oxidation sites excluding steroid dienone is 2. The standard InChI is InChI=1S/C12H15NO4/c1-9(8-14)17-12(15)6-5-10-3-2-4-11(7-10)13-16/h3,5-6,8-9,11H,2,4,7H2,1H3/b6-5+/t9-,11?/m1/s1. The first-order chi connectivity index (χ1) is 8.15. The lowest BCUT2D eigenvalue weighted by Gasteiger charge is -2.14. The molecule has 0 aromatic rings. The van der Waals surface area contributed by atoms with Gasteiger partial charge >= 0.3 is 5.97 Å². The highest BCUT2D eigenvalue weighted by atomic mass is 16.5. The maximum absolute atomic E-state index is 11.2. The summed E-state index contributed by atoms with van der Waals surface area (Å²) in [4.78, 5) is 31.9. The van der Waals surface area contributed by atoms with Crippen LogP contribution in [0.2, 0.25) is 0 Å². The van der Waals surface area contributed by atoms with Crippen LogP contribution in [0.3, 0.4) is 0 Å². The summed E-state index contributed by atoms with van der Waals surface area (Å²) in [5.41, 5.74) is 0.900. The molecule has 1 rings (SSSR count). The van der Waals surface area contributed by atoms with E-state index < -0.39 is 12.1 Å². The highest BCUT2D eigenvalue weighted by molar-refractivity contribution is 5.83. The molecule has 0 heterocycles. The molecular weight excluding hydrogens is 222 g/mol. The number of carbonyl (C=O) groups excluding carboxylic acids is 2. The lowest BCUT2D eigenvalue weighted by molar-refractivity contribution is -0.145. The number of esters is 1. The minimum Gasteiger partial charge on any atom is -0.452 e. The molecule has 0 radical (unpaired) electrons. The van der Waals surface area contributed by atoms with Crippen molar-refractivity contribution in [1.29, 1.82) is 0 Å². The van der Waals surface area contributed by atoms with Gasteiger partial charge in [-0.1, -0.05) is 17.3 Å². The van der Waals surface area contributed by atoms with Crippen molar-refractivity contribution in [2.24, 2.45) is 5.18 Å². The van der Waals surface area contributed by atoms with Crippen LogP contribution in [0.5, 0.6) is 0 Å². The van der Waals surface area contributed by atoms with Gasteiger partial charge < -0.3 is 4.74 Å². The Labute approximate surface area is 99.5 Å². The third-order valence-electron chi connectivity index (χ3n) is 2.45. The number of ether oxygens (including phenoxy) is 1. The van der Waals surface area contributed by atoms with E-state index >= 15 is 0 Å². The number of rotatable bonds is 5. The van der Waals surface area contributed by atoms with Gasteiger partial charge in [0.15, 0.2) is 12.4 Å². The molecule has 0 amide bonds. The second-order valence-electron chi connectivity index (χ2n) is 3.93. The number of hydrogen-bond acceptors (Lipinski definition) is 5. The minimum atomic E-state index is -0.739. The summed E-state index contributed by atoms with van der Waals surface area (Å²) >= 11 is 0. The number of nitroso groups, excluding NO2 is 1. The average molecular weight is 237 g/mol. The van der Waals surface area contributed by atoms with Gasteiger partial charge in [0.05, 0.1) is 6.04 Å². The zero-order chi connectivity index (χ0) is 12.7. The Kier molecular flexibility index (Phi) is 5.26. The summed E-state index contributed by atoms with van der Waals surface area (Å²) in [5, 5.41) is 3.00. The fourth-order valence-corrected chi connectivity index (χ4v) is 1.57. The maximum atomic E-state index is 11.2. The summed E-state index contributed by atoms with van der Waals surface area (Å²) in [6.07, 6.45) is 6.75. The molecule has 0 bridgehead atoms. The average Bonchev–Trinajstić information content (AvgIpc) is 2.36. The van der Waals surface area contributed by atoms with Crippen molar-refractivity contribution in [2.45, 2.75) is 38.3 Å². The molecule has 17 heavy (non-hydrogen) atoms. The van der Waals surface area contributed by atoms with Crippen LogP contribution in [0.15, 0.2) is 29.0 Å². The van der Waals surface area contributed by atoms with Gasteiger partial charge in [-0.25, -0.2) is 4.79 Å². The van der Waals surface area contributed by atoms with Crippen molar-refractivity contribution in [2.75, 3.05) is 0 Å². The van der Waals surface area contributed by atoms with Crippen LogP contribution in [0, 0.1) is 4.91 Å². The molecule has 0 spiro atoms. The maximum Gasteiger partial charge on any atom is 0.331 e. The van der Waals surface area contributed by atoms with Crippen molar-refractivity contribution in [1.82, 2.24) is 0 Å². The topological polar surface area (TPSA) is 72.8 Å². The number of aldehydes is 1. The third kappa shape index (κ3) is 4.72. The van der Waals surface area contributed by atoms with Gasteiger partial charge in [-0.3, -0.25) is 4.79 Å². The molecule has 1 aliphatic rings. The van der Waals surface area contributed by atoms with Crippen molar-refractivity contribution in [3.8, 4) is 0 Å². The Morgan fingerprint density at radius 3 is 3.06 bits per heavy atom. The van der Waals surface area contributed by atoms with Crippen LogP contribution in [-0.2, 0) is 14.3 Å². The van der Waals surface area contributed by atoms with Crippen LogP contribution in [0.4, 0.5) is 0 Å². The van der Waals surface area contributed by atoms with Gasteiger partial charge in [0.1, 0.15) is 0 Å². The monoisotopic (exact) mass is 237 g/mol. The lowest BCUT2D eigenvalue weighted by Crippen LogP contribution is -2.14. The van der Waals surface area contributed by atoms with Crippen molar-refractivity contribution in [3.05, 3.63) is 28.7 Å².